The molecule has 0 unspecified atom stereocenters. The number of aromatic amines is 2. The van der Waals surface area contributed by atoms with Crippen molar-refractivity contribution in [3.05, 3.63) is 38.9 Å². The van der Waals surface area contributed by atoms with Crippen LogP contribution in [0, 0.1) is 0 Å². The first-order valence-corrected chi connectivity index (χ1v) is 4.76. The molecule has 2 rings (SSSR count). The third kappa shape index (κ3) is 2.03. The fraction of sp³-hybridized carbons (Fsp3) is 0.100. The van der Waals surface area contributed by atoms with E-state index in [0.717, 1.165) is 0 Å². The predicted molar refractivity (Wildman–Crippen MR) is 60.6 cm³/mol. The van der Waals surface area contributed by atoms with Crippen LogP contribution in [0.3, 0.4) is 0 Å². The average molecular weight is 235 g/mol. The molecule has 88 valence electrons. The summed E-state index contributed by atoms with van der Waals surface area (Å²) in [5.41, 5.74) is 1.69. The quantitative estimate of drug-likeness (QED) is 0.641. The highest BCUT2D eigenvalue weighted by Gasteiger charge is 2.08. The highest BCUT2D eigenvalue weighted by molar-refractivity contribution is 5.92. The van der Waals surface area contributed by atoms with Gasteiger partial charge in [0.25, 0.3) is 11.1 Å². The molecule has 0 radical (unpaired) electrons. The largest absolute Gasteiger partial charge is 0.344 e. The van der Waals surface area contributed by atoms with Gasteiger partial charge in [0.1, 0.15) is 0 Å². The molecule has 7 nitrogen and oxygen atoms in total. The van der Waals surface area contributed by atoms with Crippen LogP contribution in [0.15, 0.2) is 27.8 Å². The smallest absolute Gasteiger partial charge is 0.329 e. The molecule has 0 atom stereocenters. The van der Waals surface area contributed by atoms with Gasteiger partial charge >= 0.3 is 5.97 Å². The van der Waals surface area contributed by atoms with E-state index < -0.39 is 17.1 Å². The number of H-pyrrole nitrogens is 2. The molecule has 0 aliphatic rings. The fourth-order valence-corrected chi connectivity index (χ4v) is 1.44. The summed E-state index contributed by atoms with van der Waals surface area (Å²) in [6.07, 6.45) is 0. The topological polar surface area (TPSA) is 104 Å². The Bertz CT molecular complexity index is 686. The molecule has 1 aromatic carbocycles. The average Bonchev–Trinajstić information content (AvgIpc) is 2.31. The highest BCUT2D eigenvalue weighted by atomic mass is 16.7. The second-order valence-corrected chi connectivity index (χ2v) is 3.33. The first kappa shape index (κ1) is 10.9. The summed E-state index contributed by atoms with van der Waals surface area (Å²) >= 11 is 0. The number of hydrogen-bond donors (Lipinski definition) is 3. The van der Waals surface area contributed by atoms with E-state index in [9.17, 15) is 14.4 Å². The third-order valence-electron chi connectivity index (χ3n) is 2.13. The lowest BCUT2D eigenvalue weighted by Crippen LogP contribution is -2.20. The maximum absolute atomic E-state index is 11.6. The molecule has 0 saturated carbocycles. The van der Waals surface area contributed by atoms with Crippen molar-refractivity contribution in [3.63, 3.8) is 0 Å². The molecule has 0 spiro atoms. The molecular formula is C10H9N3O4. The van der Waals surface area contributed by atoms with Gasteiger partial charge in [-0.2, -0.15) is 0 Å². The Morgan fingerprint density at radius 1 is 1.24 bits per heavy atom. The normalized spacial score (nSPS) is 10.2. The van der Waals surface area contributed by atoms with E-state index in [2.05, 4.69) is 20.5 Å². The molecule has 2 aromatic rings. The molecule has 3 N–H and O–H groups in total. The van der Waals surface area contributed by atoms with Crippen LogP contribution < -0.4 is 16.6 Å². The van der Waals surface area contributed by atoms with E-state index in [1.54, 1.807) is 6.07 Å². The number of rotatable bonds is 2. The summed E-state index contributed by atoms with van der Waals surface area (Å²) in [5, 5.41) is 4.75. The second-order valence-electron chi connectivity index (χ2n) is 3.33. The SMILES string of the molecule is CC(=O)ONc1cccc2c(=O)[nH][nH]c(=O)c12. The summed E-state index contributed by atoms with van der Waals surface area (Å²) in [4.78, 5) is 38.3. The van der Waals surface area contributed by atoms with Gasteiger partial charge in [-0.3, -0.25) is 24.6 Å². The predicted octanol–water partition coefficient (Wildman–Crippen LogP) is 0.106. The zero-order chi connectivity index (χ0) is 12.4. The van der Waals surface area contributed by atoms with Crippen LogP contribution in [0.25, 0.3) is 10.8 Å². The minimum absolute atomic E-state index is 0.137. The Labute approximate surface area is 94.4 Å². The van der Waals surface area contributed by atoms with Gasteiger partial charge in [-0.15, -0.1) is 0 Å². The molecular weight excluding hydrogens is 226 g/mol. The van der Waals surface area contributed by atoms with Crippen molar-refractivity contribution in [2.24, 2.45) is 0 Å². The van der Waals surface area contributed by atoms with Crippen LogP contribution in [0.2, 0.25) is 0 Å². The molecule has 0 aliphatic carbocycles. The Balaban J connectivity index is 2.64. The second kappa shape index (κ2) is 4.12. The van der Waals surface area contributed by atoms with Crippen LogP contribution in [0.5, 0.6) is 0 Å². The van der Waals surface area contributed by atoms with Gasteiger partial charge in [-0.25, -0.2) is 5.48 Å². The number of benzene rings is 1. The monoisotopic (exact) mass is 235 g/mol. The van der Waals surface area contributed by atoms with Gasteiger partial charge < -0.3 is 4.84 Å². The van der Waals surface area contributed by atoms with Crippen LogP contribution in [0.1, 0.15) is 6.92 Å². The highest BCUT2D eigenvalue weighted by Crippen LogP contribution is 2.16. The number of fused-ring (bicyclic) bond motifs is 1. The van der Waals surface area contributed by atoms with Gasteiger partial charge in [-0.1, -0.05) is 6.07 Å². The summed E-state index contributed by atoms with van der Waals surface area (Å²) in [6.45, 7) is 1.22. The van der Waals surface area contributed by atoms with Crippen molar-refractivity contribution in [2.45, 2.75) is 6.92 Å². The van der Waals surface area contributed by atoms with Crippen LogP contribution >= 0.6 is 0 Å². The number of carbonyl (C=O) groups excluding carboxylic acids is 1. The van der Waals surface area contributed by atoms with Crippen molar-refractivity contribution >= 4 is 22.4 Å². The number of nitrogens with one attached hydrogen (secondary N) is 3. The van der Waals surface area contributed by atoms with Gasteiger partial charge in [-0.05, 0) is 12.1 Å². The van der Waals surface area contributed by atoms with E-state index in [1.165, 1.54) is 19.1 Å². The van der Waals surface area contributed by atoms with Crippen LogP contribution in [-0.2, 0) is 9.63 Å². The van der Waals surface area contributed by atoms with E-state index in [1.807, 2.05) is 0 Å². The fourth-order valence-electron chi connectivity index (χ4n) is 1.44. The number of anilines is 1. The molecule has 1 aromatic heterocycles. The van der Waals surface area contributed by atoms with Crippen molar-refractivity contribution in [1.82, 2.24) is 10.2 Å². The maximum Gasteiger partial charge on any atom is 0.329 e. The molecule has 0 fully saturated rings. The van der Waals surface area contributed by atoms with E-state index >= 15 is 0 Å². The maximum atomic E-state index is 11.6. The van der Waals surface area contributed by atoms with Crippen LogP contribution in [-0.4, -0.2) is 16.2 Å². The summed E-state index contributed by atoms with van der Waals surface area (Å²) in [7, 11) is 0. The lowest BCUT2D eigenvalue weighted by molar-refractivity contribution is -0.137. The zero-order valence-corrected chi connectivity index (χ0v) is 8.87. The molecule has 7 heteroatoms. The van der Waals surface area contributed by atoms with Crippen molar-refractivity contribution < 1.29 is 9.63 Å². The zero-order valence-electron chi connectivity index (χ0n) is 8.87. The molecule has 0 aliphatic heterocycles. The molecule has 0 saturated heterocycles. The Hall–Kier alpha value is -2.57. The van der Waals surface area contributed by atoms with Gasteiger partial charge in [0, 0.05) is 6.92 Å². The minimum Gasteiger partial charge on any atom is -0.344 e. The molecule has 0 amide bonds. The minimum atomic E-state index is -0.553. The lowest BCUT2D eigenvalue weighted by Gasteiger charge is -2.06. The Morgan fingerprint density at radius 2 is 1.94 bits per heavy atom. The molecule has 1 heterocycles. The van der Waals surface area contributed by atoms with E-state index in [4.69, 9.17) is 0 Å². The molecule has 0 bridgehead atoms. The first-order valence-electron chi connectivity index (χ1n) is 4.76. The third-order valence-corrected chi connectivity index (χ3v) is 2.13. The first-order chi connectivity index (χ1) is 8.09. The van der Waals surface area contributed by atoms with Crippen molar-refractivity contribution in [3.8, 4) is 0 Å². The van der Waals surface area contributed by atoms with Crippen LogP contribution in [0.4, 0.5) is 5.69 Å². The Kier molecular flexibility index (Phi) is 2.65. The number of carbonyl (C=O) groups is 1. The van der Waals surface area contributed by atoms with E-state index in [-0.39, 0.29) is 16.5 Å². The van der Waals surface area contributed by atoms with Gasteiger partial charge in [0.05, 0.1) is 16.5 Å². The standard InChI is InChI=1S/C10H9N3O4/c1-5(14)17-13-7-4-2-3-6-8(7)10(16)12-11-9(6)15/h2-4,13H,1H3,(H,11,15)(H,12,16). The van der Waals surface area contributed by atoms with Crippen molar-refractivity contribution in [2.75, 3.05) is 5.48 Å². The number of aromatic nitrogens is 2. The summed E-state index contributed by atoms with van der Waals surface area (Å²) in [5.74, 6) is -0.553. The Morgan fingerprint density at radius 3 is 2.65 bits per heavy atom. The summed E-state index contributed by atoms with van der Waals surface area (Å²) < 4.78 is 0. The van der Waals surface area contributed by atoms with Crippen molar-refractivity contribution in [1.29, 1.82) is 0 Å². The van der Waals surface area contributed by atoms with E-state index in [0.29, 0.717) is 0 Å². The summed E-state index contributed by atoms with van der Waals surface area (Å²) in [6, 6.07) is 4.60. The van der Waals surface area contributed by atoms with Gasteiger partial charge in [0.15, 0.2) is 0 Å². The van der Waals surface area contributed by atoms with Gasteiger partial charge in [0.2, 0.25) is 0 Å². The molecule has 17 heavy (non-hydrogen) atoms. The number of hydrogen-bond acceptors (Lipinski definition) is 5. The lowest BCUT2D eigenvalue weighted by atomic mass is 10.1.